The summed E-state index contributed by atoms with van der Waals surface area (Å²) in [7, 11) is -2.70. The topological polar surface area (TPSA) is 170 Å². The highest BCUT2D eigenvalue weighted by atomic mass is 32.2. The SMILES string of the molecule is CC(=O)NC(CC#Cc1ccc(C[C@H](NC(=O)CN(C)S(=O)(=O)c2ccc(C)cc2)C(=O)O)cc1)C(=O)O. The number of nitrogens with one attached hydrogen (secondary N) is 2. The van der Waals surface area contributed by atoms with Gasteiger partial charge < -0.3 is 20.8 Å². The van der Waals surface area contributed by atoms with E-state index < -0.39 is 52.4 Å². The van der Waals surface area contributed by atoms with Crippen LogP contribution < -0.4 is 10.6 Å². The van der Waals surface area contributed by atoms with Gasteiger partial charge in [0.15, 0.2) is 0 Å². The number of hydrogen-bond acceptors (Lipinski definition) is 6. The summed E-state index contributed by atoms with van der Waals surface area (Å²) in [6.07, 6.45) is -0.162. The molecule has 0 bridgehead atoms. The average Bonchev–Trinajstić information content (AvgIpc) is 2.83. The monoisotopic (exact) mass is 543 g/mol. The Hall–Kier alpha value is -4.21. The van der Waals surface area contributed by atoms with Crippen LogP contribution in [0, 0.1) is 18.8 Å². The molecule has 2 aromatic rings. The molecule has 0 aromatic heterocycles. The minimum atomic E-state index is -3.94. The van der Waals surface area contributed by atoms with E-state index >= 15 is 0 Å². The quantitative estimate of drug-likeness (QED) is 0.301. The standard InChI is InChI=1S/C26H29N3O8S/c1-17-7-13-21(14-8-17)38(36,37)29(3)16-24(31)28-23(26(34)35)15-20-11-9-19(10-12-20)5-4-6-22(25(32)33)27-18(2)30/h7-14,22-23H,6,15-16H2,1-3H3,(H,27,30)(H,28,31)(H,32,33)(H,34,35)/t22?,23-/m0/s1. The first kappa shape index (κ1) is 30.0. The van der Waals surface area contributed by atoms with Crippen molar-refractivity contribution in [2.75, 3.05) is 13.6 Å². The summed E-state index contributed by atoms with van der Waals surface area (Å²) in [5.41, 5.74) is 1.99. The van der Waals surface area contributed by atoms with Crippen LogP contribution in [0.1, 0.15) is 30.0 Å². The number of rotatable bonds is 11. The molecule has 0 spiro atoms. The first-order valence-electron chi connectivity index (χ1n) is 11.4. The molecule has 1 unspecified atom stereocenters. The zero-order chi connectivity index (χ0) is 28.5. The third kappa shape index (κ3) is 9.02. The molecule has 12 heteroatoms. The summed E-state index contributed by atoms with van der Waals surface area (Å²) in [6, 6.07) is 10.1. The highest BCUT2D eigenvalue weighted by molar-refractivity contribution is 7.89. The Balaban J connectivity index is 2.00. The highest BCUT2D eigenvalue weighted by Crippen LogP contribution is 2.15. The highest BCUT2D eigenvalue weighted by Gasteiger charge is 2.26. The van der Waals surface area contributed by atoms with Crippen molar-refractivity contribution in [3.05, 3.63) is 65.2 Å². The third-order valence-electron chi connectivity index (χ3n) is 5.34. The number of sulfonamides is 1. The maximum Gasteiger partial charge on any atom is 0.327 e. The lowest BCUT2D eigenvalue weighted by atomic mass is 10.0. The minimum Gasteiger partial charge on any atom is -0.480 e. The molecule has 4 N–H and O–H groups in total. The van der Waals surface area contributed by atoms with E-state index in [4.69, 9.17) is 5.11 Å². The van der Waals surface area contributed by atoms with E-state index in [1.165, 1.54) is 26.1 Å². The molecule has 11 nitrogen and oxygen atoms in total. The molecule has 2 rings (SSSR count). The first-order valence-corrected chi connectivity index (χ1v) is 12.9. The number of carbonyl (C=O) groups is 4. The number of likely N-dealkylation sites (N-methyl/N-ethyl adjacent to an activating group) is 1. The predicted octanol–water partition coefficient (Wildman–Crippen LogP) is 0.759. The summed E-state index contributed by atoms with van der Waals surface area (Å²) < 4.78 is 26.2. The molecule has 0 radical (unpaired) electrons. The Kier molecular flexibility index (Phi) is 10.6. The van der Waals surface area contributed by atoms with Gasteiger partial charge >= 0.3 is 11.9 Å². The zero-order valence-electron chi connectivity index (χ0n) is 21.1. The Bertz CT molecular complexity index is 1340. The molecule has 202 valence electrons. The van der Waals surface area contributed by atoms with Gasteiger partial charge in [-0.3, -0.25) is 9.59 Å². The number of nitrogens with zero attached hydrogens (tertiary/aromatic N) is 1. The molecule has 2 amide bonds. The van der Waals surface area contributed by atoms with Crippen LogP contribution in [-0.2, 0) is 35.6 Å². The molecule has 0 saturated carbocycles. The number of carboxylic acids is 2. The summed E-state index contributed by atoms with van der Waals surface area (Å²) in [4.78, 5) is 46.4. The van der Waals surface area contributed by atoms with Crippen LogP contribution in [0.2, 0.25) is 0 Å². The van der Waals surface area contributed by atoms with Gasteiger partial charge in [0.25, 0.3) is 0 Å². The van der Waals surface area contributed by atoms with Crippen LogP contribution in [0.25, 0.3) is 0 Å². The first-order chi connectivity index (χ1) is 17.8. The lowest BCUT2D eigenvalue weighted by Gasteiger charge is -2.19. The minimum absolute atomic E-state index is 0.0185. The molecule has 0 aliphatic rings. The van der Waals surface area contributed by atoms with Crippen LogP contribution in [0.15, 0.2) is 53.4 Å². The second kappa shape index (κ2) is 13.4. The van der Waals surface area contributed by atoms with Gasteiger partial charge in [0, 0.05) is 32.4 Å². The van der Waals surface area contributed by atoms with Crippen molar-refractivity contribution < 1.29 is 37.8 Å². The second-order valence-corrected chi connectivity index (χ2v) is 10.6. The fourth-order valence-corrected chi connectivity index (χ4v) is 4.41. The zero-order valence-corrected chi connectivity index (χ0v) is 21.9. The molecule has 0 fully saturated rings. The molecule has 2 atom stereocenters. The normalized spacial score (nSPS) is 12.5. The van der Waals surface area contributed by atoms with Crippen LogP contribution in [-0.4, -0.2) is 72.4 Å². The Morgan fingerprint density at radius 1 is 0.921 bits per heavy atom. The second-order valence-electron chi connectivity index (χ2n) is 8.53. The molecule has 0 aliphatic carbocycles. The number of aryl methyl sites for hydroxylation is 1. The lowest BCUT2D eigenvalue weighted by molar-refractivity contribution is -0.142. The number of carbonyl (C=O) groups excluding carboxylic acids is 2. The van der Waals surface area contributed by atoms with E-state index in [1.54, 1.807) is 36.4 Å². The van der Waals surface area contributed by atoms with E-state index in [-0.39, 0.29) is 17.7 Å². The van der Waals surface area contributed by atoms with Gasteiger partial charge in [0.1, 0.15) is 12.1 Å². The van der Waals surface area contributed by atoms with Gasteiger partial charge in [-0.05, 0) is 36.8 Å². The van der Waals surface area contributed by atoms with Crippen molar-refractivity contribution >= 4 is 33.8 Å². The van der Waals surface area contributed by atoms with Crippen LogP contribution in [0.4, 0.5) is 0 Å². The summed E-state index contributed by atoms with van der Waals surface area (Å²) in [6.45, 7) is 2.46. The average molecular weight is 544 g/mol. The molecule has 38 heavy (non-hydrogen) atoms. The molecular weight excluding hydrogens is 514 g/mol. The summed E-state index contributed by atoms with van der Waals surface area (Å²) in [5.74, 6) is 1.72. The molecular formula is C26H29N3O8S. The van der Waals surface area contributed by atoms with Crippen molar-refractivity contribution in [1.82, 2.24) is 14.9 Å². The third-order valence-corrected chi connectivity index (χ3v) is 7.15. The van der Waals surface area contributed by atoms with Crippen LogP contribution in [0.3, 0.4) is 0 Å². The van der Waals surface area contributed by atoms with E-state index in [1.807, 2.05) is 6.92 Å². The number of aliphatic carboxylic acids is 2. The number of amides is 2. The van der Waals surface area contributed by atoms with E-state index in [0.717, 1.165) is 9.87 Å². The van der Waals surface area contributed by atoms with Crippen molar-refractivity contribution in [1.29, 1.82) is 0 Å². The van der Waals surface area contributed by atoms with Gasteiger partial charge in [-0.1, -0.05) is 41.7 Å². The van der Waals surface area contributed by atoms with Gasteiger partial charge in [-0.25, -0.2) is 18.0 Å². The molecule has 0 saturated heterocycles. The van der Waals surface area contributed by atoms with E-state index in [9.17, 15) is 32.7 Å². The molecule has 2 aromatic carbocycles. The fraction of sp³-hybridized carbons (Fsp3) is 0.308. The lowest BCUT2D eigenvalue weighted by Crippen LogP contribution is -2.46. The number of benzene rings is 2. The summed E-state index contributed by atoms with van der Waals surface area (Å²) >= 11 is 0. The fourth-order valence-electron chi connectivity index (χ4n) is 3.28. The van der Waals surface area contributed by atoms with Gasteiger partial charge in [-0.15, -0.1) is 0 Å². The van der Waals surface area contributed by atoms with Gasteiger partial charge in [0.05, 0.1) is 11.4 Å². The summed E-state index contributed by atoms with van der Waals surface area (Å²) in [5, 5.41) is 23.3. The molecule has 0 heterocycles. The maximum absolute atomic E-state index is 12.7. The van der Waals surface area contributed by atoms with Crippen LogP contribution >= 0.6 is 0 Å². The van der Waals surface area contributed by atoms with Gasteiger partial charge in [0.2, 0.25) is 21.8 Å². The Labute approximate surface area is 220 Å². The van der Waals surface area contributed by atoms with Crippen LogP contribution in [0.5, 0.6) is 0 Å². The number of carboxylic acid groups (broad SMARTS) is 2. The van der Waals surface area contributed by atoms with Crippen molar-refractivity contribution in [3.8, 4) is 11.8 Å². The van der Waals surface area contributed by atoms with Gasteiger partial charge in [-0.2, -0.15) is 4.31 Å². The largest absolute Gasteiger partial charge is 0.480 e. The maximum atomic E-state index is 12.7. The van der Waals surface area contributed by atoms with E-state index in [0.29, 0.717) is 11.1 Å². The predicted molar refractivity (Wildman–Crippen MR) is 137 cm³/mol. The Morgan fingerprint density at radius 2 is 1.50 bits per heavy atom. The van der Waals surface area contributed by atoms with Crippen molar-refractivity contribution in [2.45, 2.75) is 43.7 Å². The molecule has 0 aliphatic heterocycles. The van der Waals surface area contributed by atoms with E-state index in [2.05, 4.69) is 22.5 Å². The number of hydrogen-bond donors (Lipinski definition) is 4. The van der Waals surface area contributed by atoms with Crippen molar-refractivity contribution in [3.63, 3.8) is 0 Å². The smallest absolute Gasteiger partial charge is 0.327 e. The van der Waals surface area contributed by atoms with Crippen molar-refractivity contribution in [2.24, 2.45) is 0 Å². The Morgan fingerprint density at radius 3 is 2.03 bits per heavy atom.